The molecule has 4 aliphatic carbocycles. The number of hydrogen-bond donors (Lipinski definition) is 2. The molecular formula is C21H30O2. The van der Waals surface area contributed by atoms with Crippen LogP contribution < -0.4 is 0 Å². The number of hydrogen-bond acceptors (Lipinski definition) is 2. The summed E-state index contributed by atoms with van der Waals surface area (Å²) >= 11 is 0. The summed E-state index contributed by atoms with van der Waals surface area (Å²) in [6.07, 6.45) is 13.8. The van der Waals surface area contributed by atoms with E-state index in [1.807, 2.05) is 0 Å². The van der Waals surface area contributed by atoms with Crippen LogP contribution >= 0.6 is 0 Å². The van der Waals surface area contributed by atoms with E-state index in [2.05, 4.69) is 19.8 Å². The normalized spacial score (nSPS) is 52.4. The molecule has 2 N–H and O–H groups in total. The molecule has 0 aromatic carbocycles. The maximum absolute atomic E-state index is 11.0. The SMILES string of the molecule is C#C[C@@]1(O)CC[C@@H]2[C@H]3[C@@H](C)CC4=C(CC[C@@H](O)C4)[C@@H]3CC[C@]21C. The summed E-state index contributed by atoms with van der Waals surface area (Å²) in [5, 5.41) is 21.0. The summed E-state index contributed by atoms with van der Waals surface area (Å²) in [5.74, 6) is 5.32. The first-order chi connectivity index (χ1) is 10.9. The fraction of sp³-hybridized carbons (Fsp3) is 0.810. The van der Waals surface area contributed by atoms with Gasteiger partial charge in [-0.15, -0.1) is 6.42 Å². The molecule has 23 heavy (non-hydrogen) atoms. The summed E-state index contributed by atoms with van der Waals surface area (Å²) in [5.41, 5.74) is 2.23. The highest BCUT2D eigenvalue weighted by atomic mass is 16.3. The van der Waals surface area contributed by atoms with Crippen LogP contribution in [0.15, 0.2) is 11.1 Å². The Labute approximate surface area is 140 Å². The predicted octanol–water partition coefficient (Wildman–Crippen LogP) is 3.67. The van der Waals surface area contributed by atoms with Crippen molar-refractivity contribution in [1.29, 1.82) is 0 Å². The van der Waals surface area contributed by atoms with E-state index in [1.54, 1.807) is 11.1 Å². The number of rotatable bonds is 0. The number of allylic oxidation sites excluding steroid dienone is 1. The Morgan fingerprint density at radius 3 is 2.70 bits per heavy atom. The zero-order chi connectivity index (χ0) is 16.4. The van der Waals surface area contributed by atoms with E-state index < -0.39 is 5.60 Å². The third-order valence-electron chi connectivity index (χ3n) is 8.08. The highest BCUT2D eigenvalue weighted by molar-refractivity contribution is 5.30. The molecule has 0 aliphatic heterocycles. The van der Waals surface area contributed by atoms with Gasteiger partial charge in [-0.05, 0) is 75.0 Å². The minimum absolute atomic E-state index is 0.108. The molecule has 0 aromatic rings. The molecule has 0 saturated heterocycles. The van der Waals surface area contributed by atoms with Gasteiger partial charge >= 0.3 is 0 Å². The fourth-order valence-corrected chi connectivity index (χ4v) is 6.85. The lowest BCUT2D eigenvalue weighted by molar-refractivity contribution is -0.0813. The van der Waals surface area contributed by atoms with Gasteiger partial charge in [0.1, 0.15) is 5.60 Å². The van der Waals surface area contributed by atoms with Crippen LogP contribution in [0, 0.1) is 41.4 Å². The summed E-state index contributed by atoms with van der Waals surface area (Å²) in [6.45, 7) is 4.64. The van der Waals surface area contributed by atoms with Gasteiger partial charge in [0.05, 0.1) is 6.10 Å². The molecule has 2 nitrogen and oxygen atoms in total. The molecule has 2 fully saturated rings. The largest absolute Gasteiger partial charge is 0.393 e. The van der Waals surface area contributed by atoms with Crippen molar-refractivity contribution in [1.82, 2.24) is 0 Å². The summed E-state index contributed by atoms with van der Waals surface area (Å²) in [7, 11) is 0. The van der Waals surface area contributed by atoms with Crippen LogP contribution in [0.1, 0.15) is 65.2 Å². The molecule has 0 aromatic heterocycles. The van der Waals surface area contributed by atoms with Crippen molar-refractivity contribution in [2.24, 2.45) is 29.1 Å². The van der Waals surface area contributed by atoms with E-state index >= 15 is 0 Å². The lowest BCUT2D eigenvalue weighted by Crippen LogP contribution is -2.52. The van der Waals surface area contributed by atoms with Crippen molar-refractivity contribution in [3.05, 3.63) is 11.1 Å². The topological polar surface area (TPSA) is 40.5 Å². The number of fused-ring (bicyclic) bond motifs is 4. The molecule has 0 spiro atoms. The van der Waals surface area contributed by atoms with Crippen molar-refractivity contribution in [2.75, 3.05) is 0 Å². The zero-order valence-electron chi connectivity index (χ0n) is 14.5. The average Bonchev–Trinajstić information content (AvgIpc) is 2.79. The van der Waals surface area contributed by atoms with Crippen LogP contribution in [0.4, 0.5) is 0 Å². The lowest BCUT2D eigenvalue weighted by Gasteiger charge is -2.55. The molecule has 4 rings (SSSR count). The standard InChI is InChI=1S/C21H30O2/c1-4-21(23)10-8-18-19-13(2)11-14-12-15(22)5-6-16(14)17(19)7-9-20(18,21)3/h1,13,15,17-19,22-23H,5-12H2,2-3H3/t13-,15+,17-,18+,19-,20+,21+/m0/s1. The molecule has 2 saturated carbocycles. The predicted molar refractivity (Wildman–Crippen MR) is 91.5 cm³/mol. The average molecular weight is 314 g/mol. The first-order valence-corrected chi connectivity index (χ1v) is 9.48. The van der Waals surface area contributed by atoms with Crippen molar-refractivity contribution in [3.8, 4) is 12.3 Å². The Hall–Kier alpha value is -0.780. The van der Waals surface area contributed by atoms with Gasteiger partial charge in [0, 0.05) is 5.41 Å². The minimum atomic E-state index is -0.903. The second-order valence-electron chi connectivity index (χ2n) is 9.00. The van der Waals surface area contributed by atoms with Gasteiger partial charge in [0.25, 0.3) is 0 Å². The maximum atomic E-state index is 11.0. The molecule has 0 bridgehead atoms. The lowest BCUT2D eigenvalue weighted by atomic mass is 9.50. The Morgan fingerprint density at radius 2 is 1.96 bits per heavy atom. The first kappa shape index (κ1) is 15.7. The van der Waals surface area contributed by atoms with Crippen LogP contribution in [0.2, 0.25) is 0 Å². The summed E-state index contributed by atoms with van der Waals surface area (Å²) in [4.78, 5) is 0. The Morgan fingerprint density at radius 1 is 1.17 bits per heavy atom. The number of aliphatic hydroxyl groups is 2. The van der Waals surface area contributed by atoms with Gasteiger partial charge in [-0.25, -0.2) is 0 Å². The summed E-state index contributed by atoms with van der Waals surface area (Å²) < 4.78 is 0. The van der Waals surface area contributed by atoms with E-state index in [9.17, 15) is 10.2 Å². The third kappa shape index (κ3) is 2.02. The van der Waals surface area contributed by atoms with Crippen LogP contribution in [0.25, 0.3) is 0 Å². The van der Waals surface area contributed by atoms with Gasteiger partial charge in [-0.2, -0.15) is 0 Å². The second kappa shape index (κ2) is 5.11. The second-order valence-corrected chi connectivity index (χ2v) is 9.00. The van der Waals surface area contributed by atoms with Gasteiger partial charge in [-0.3, -0.25) is 0 Å². The molecule has 7 atom stereocenters. The zero-order valence-corrected chi connectivity index (χ0v) is 14.5. The van der Waals surface area contributed by atoms with E-state index in [0.29, 0.717) is 23.7 Å². The maximum Gasteiger partial charge on any atom is 0.130 e. The molecule has 0 radical (unpaired) electrons. The van der Waals surface area contributed by atoms with E-state index in [4.69, 9.17) is 6.42 Å². The smallest absolute Gasteiger partial charge is 0.130 e. The molecule has 0 amide bonds. The van der Waals surface area contributed by atoms with Gasteiger partial charge in [-0.1, -0.05) is 30.9 Å². The molecule has 0 heterocycles. The van der Waals surface area contributed by atoms with Crippen LogP contribution in [-0.2, 0) is 0 Å². The van der Waals surface area contributed by atoms with Crippen molar-refractivity contribution >= 4 is 0 Å². The Balaban J connectivity index is 1.70. The van der Waals surface area contributed by atoms with E-state index in [0.717, 1.165) is 44.9 Å². The van der Waals surface area contributed by atoms with Crippen LogP contribution in [0.5, 0.6) is 0 Å². The highest BCUT2D eigenvalue weighted by Gasteiger charge is 2.62. The van der Waals surface area contributed by atoms with Crippen molar-refractivity contribution in [2.45, 2.75) is 76.9 Å². The fourth-order valence-electron chi connectivity index (χ4n) is 6.85. The number of terminal acetylenes is 1. The van der Waals surface area contributed by atoms with Gasteiger partial charge < -0.3 is 10.2 Å². The van der Waals surface area contributed by atoms with Crippen LogP contribution in [-0.4, -0.2) is 21.9 Å². The molecule has 0 unspecified atom stereocenters. The van der Waals surface area contributed by atoms with E-state index in [-0.39, 0.29) is 11.5 Å². The van der Waals surface area contributed by atoms with Crippen molar-refractivity contribution < 1.29 is 10.2 Å². The molecule has 4 aliphatic rings. The quantitative estimate of drug-likeness (QED) is 0.529. The third-order valence-corrected chi connectivity index (χ3v) is 8.08. The first-order valence-electron chi connectivity index (χ1n) is 9.48. The minimum Gasteiger partial charge on any atom is -0.393 e. The molecule has 2 heteroatoms. The van der Waals surface area contributed by atoms with Crippen LogP contribution in [0.3, 0.4) is 0 Å². The monoisotopic (exact) mass is 314 g/mol. The Bertz CT molecular complexity index is 585. The van der Waals surface area contributed by atoms with Gasteiger partial charge in [0.2, 0.25) is 0 Å². The molecule has 126 valence electrons. The molecular weight excluding hydrogens is 284 g/mol. The van der Waals surface area contributed by atoms with Crippen molar-refractivity contribution in [3.63, 3.8) is 0 Å². The highest BCUT2D eigenvalue weighted by Crippen LogP contribution is 2.65. The summed E-state index contributed by atoms with van der Waals surface area (Å²) in [6, 6.07) is 0. The van der Waals surface area contributed by atoms with Gasteiger partial charge in [0.15, 0.2) is 0 Å². The Kier molecular flexibility index (Phi) is 3.49. The number of aliphatic hydroxyl groups excluding tert-OH is 1. The van der Waals surface area contributed by atoms with E-state index in [1.165, 1.54) is 6.42 Å².